The van der Waals surface area contributed by atoms with Gasteiger partial charge in [0.2, 0.25) is 0 Å². The van der Waals surface area contributed by atoms with Gasteiger partial charge in [0.15, 0.2) is 0 Å². The van der Waals surface area contributed by atoms with E-state index in [0.717, 1.165) is 29.7 Å². The Labute approximate surface area is 172 Å². The van der Waals surface area contributed by atoms with Crippen molar-refractivity contribution in [2.24, 2.45) is 34.5 Å². The summed E-state index contributed by atoms with van der Waals surface area (Å²) in [5.74, 6) is 3.76. The van der Waals surface area contributed by atoms with Crippen molar-refractivity contribution in [3.63, 3.8) is 0 Å². The standard InChI is InChI=1S/C27H39N/c1-26-16-14-21(28(3)4)18-20(26)10-11-22-24-13-12-23(19-8-6-5-7-9-19)27(24,2)17-15-25(22)26/h5-9,12,20-22,24-25H,10-11,13-18H2,1-4H3/t20-,21-,22-,24-,25-,26-,27+/m0/s1. The lowest BCUT2D eigenvalue weighted by Gasteiger charge is -2.61. The molecule has 3 saturated carbocycles. The number of nitrogens with zero attached hydrogens (tertiary/aromatic N) is 1. The summed E-state index contributed by atoms with van der Waals surface area (Å²) in [6, 6.07) is 12.1. The quantitative estimate of drug-likeness (QED) is 0.557. The molecule has 0 saturated heterocycles. The zero-order valence-corrected chi connectivity index (χ0v) is 18.5. The largest absolute Gasteiger partial charge is 0.306 e. The first-order valence-electron chi connectivity index (χ1n) is 11.9. The van der Waals surface area contributed by atoms with Gasteiger partial charge in [-0.05, 0) is 111 Å². The van der Waals surface area contributed by atoms with E-state index in [2.05, 4.69) is 69.3 Å². The van der Waals surface area contributed by atoms with Gasteiger partial charge in [-0.1, -0.05) is 50.3 Å². The fourth-order valence-electron chi connectivity index (χ4n) is 8.34. The zero-order valence-electron chi connectivity index (χ0n) is 18.5. The summed E-state index contributed by atoms with van der Waals surface area (Å²) in [5.41, 5.74) is 4.16. The summed E-state index contributed by atoms with van der Waals surface area (Å²) in [5, 5.41) is 0. The fourth-order valence-corrected chi connectivity index (χ4v) is 8.34. The monoisotopic (exact) mass is 377 g/mol. The molecule has 0 radical (unpaired) electrons. The van der Waals surface area contributed by atoms with Gasteiger partial charge in [-0.3, -0.25) is 0 Å². The maximum absolute atomic E-state index is 2.70. The van der Waals surface area contributed by atoms with Crippen LogP contribution in [0.15, 0.2) is 36.4 Å². The number of benzene rings is 1. The van der Waals surface area contributed by atoms with E-state index in [1.807, 2.05) is 0 Å². The number of fused-ring (bicyclic) bond motifs is 5. The molecule has 0 aliphatic heterocycles. The van der Waals surface area contributed by atoms with Crippen molar-refractivity contribution in [1.82, 2.24) is 4.90 Å². The first-order valence-corrected chi connectivity index (χ1v) is 11.9. The van der Waals surface area contributed by atoms with Gasteiger partial charge in [-0.25, -0.2) is 0 Å². The molecule has 0 unspecified atom stereocenters. The van der Waals surface area contributed by atoms with E-state index in [9.17, 15) is 0 Å². The molecule has 4 aliphatic carbocycles. The second-order valence-electron chi connectivity index (χ2n) is 11.2. The van der Waals surface area contributed by atoms with Crippen LogP contribution in [0.3, 0.4) is 0 Å². The molecule has 1 aromatic carbocycles. The fraction of sp³-hybridized carbons (Fsp3) is 0.704. The molecule has 1 aromatic rings. The Kier molecular flexibility index (Phi) is 4.54. The summed E-state index contributed by atoms with van der Waals surface area (Å²) in [7, 11) is 4.58. The Morgan fingerprint density at radius 1 is 0.893 bits per heavy atom. The molecule has 0 bridgehead atoms. The van der Waals surface area contributed by atoms with Crippen LogP contribution in [-0.4, -0.2) is 25.0 Å². The summed E-state index contributed by atoms with van der Waals surface area (Å²) >= 11 is 0. The maximum atomic E-state index is 2.70. The second-order valence-corrected chi connectivity index (χ2v) is 11.2. The predicted octanol–water partition coefficient (Wildman–Crippen LogP) is 6.65. The van der Waals surface area contributed by atoms with Gasteiger partial charge in [-0.15, -0.1) is 0 Å². The smallest absolute Gasteiger partial charge is 0.00922 e. The molecule has 0 heterocycles. The van der Waals surface area contributed by atoms with Crippen LogP contribution in [0.4, 0.5) is 0 Å². The van der Waals surface area contributed by atoms with Crippen LogP contribution in [0.25, 0.3) is 5.57 Å². The number of allylic oxidation sites excluding steroid dienone is 2. The molecule has 0 aromatic heterocycles. The molecular weight excluding hydrogens is 338 g/mol. The van der Waals surface area contributed by atoms with E-state index in [1.54, 1.807) is 5.57 Å². The van der Waals surface area contributed by atoms with Gasteiger partial charge < -0.3 is 4.90 Å². The van der Waals surface area contributed by atoms with Crippen LogP contribution in [0.1, 0.15) is 70.8 Å². The average Bonchev–Trinajstić information content (AvgIpc) is 3.05. The van der Waals surface area contributed by atoms with E-state index in [4.69, 9.17) is 0 Å². The van der Waals surface area contributed by atoms with Crippen molar-refractivity contribution in [1.29, 1.82) is 0 Å². The number of hydrogen-bond donors (Lipinski definition) is 0. The first-order chi connectivity index (χ1) is 13.4. The molecule has 0 amide bonds. The lowest BCUT2D eigenvalue weighted by atomic mass is 9.44. The third-order valence-corrected chi connectivity index (χ3v) is 10.0. The maximum Gasteiger partial charge on any atom is 0.00922 e. The molecule has 7 atom stereocenters. The highest BCUT2D eigenvalue weighted by atomic mass is 15.1. The molecule has 4 aliphatic rings. The predicted molar refractivity (Wildman–Crippen MR) is 119 cm³/mol. The van der Waals surface area contributed by atoms with Crippen molar-refractivity contribution in [2.75, 3.05) is 14.1 Å². The lowest BCUT2D eigenvalue weighted by Crippen LogP contribution is -2.54. The minimum absolute atomic E-state index is 0.409. The van der Waals surface area contributed by atoms with Gasteiger partial charge in [-0.2, -0.15) is 0 Å². The van der Waals surface area contributed by atoms with Gasteiger partial charge in [0.1, 0.15) is 0 Å². The van der Waals surface area contributed by atoms with Gasteiger partial charge in [0, 0.05) is 6.04 Å². The zero-order chi connectivity index (χ0) is 19.5. The minimum atomic E-state index is 0.409. The highest BCUT2D eigenvalue weighted by Crippen LogP contribution is 2.67. The normalized spacial score (nSPS) is 45.2. The second kappa shape index (κ2) is 6.73. The van der Waals surface area contributed by atoms with Crippen molar-refractivity contribution in [3.05, 3.63) is 42.0 Å². The van der Waals surface area contributed by atoms with Crippen LogP contribution in [-0.2, 0) is 0 Å². The Morgan fingerprint density at radius 2 is 1.68 bits per heavy atom. The van der Waals surface area contributed by atoms with Gasteiger partial charge in [0.05, 0.1) is 0 Å². The molecule has 1 nitrogen and oxygen atoms in total. The molecule has 3 fully saturated rings. The molecule has 1 heteroatoms. The third kappa shape index (κ3) is 2.68. The Hall–Kier alpha value is -1.08. The van der Waals surface area contributed by atoms with E-state index in [0.29, 0.717) is 10.8 Å². The molecule has 152 valence electrons. The third-order valence-electron chi connectivity index (χ3n) is 10.0. The van der Waals surface area contributed by atoms with E-state index >= 15 is 0 Å². The van der Waals surface area contributed by atoms with Crippen molar-refractivity contribution in [2.45, 2.75) is 71.3 Å². The van der Waals surface area contributed by atoms with E-state index < -0.39 is 0 Å². The van der Waals surface area contributed by atoms with Crippen molar-refractivity contribution >= 4 is 5.57 Å². The van der Waals surface area contributed by atoms with Crippen LogP contribution in [0, 0.1) is 34.5 Å². The van der Waals surface area contributed by atoms with Crippen LogP contribution in [0.2, 0.25) is 0 Å². The van der Waals surface area contributed by atoms with E-state index in [-0.39, 0.29) is 0 Å². The summed E-state index contributed by atoms with van der Waals surface area (Å²) in [4.78, 5) is 2.50. The average molecular weight is 378 g/mol. The molecule has 5 rings (SSSR count). The summed E-state index contributed by atoms with van der Waals surface area (Å²) in [6.07, 6.45) is 14.1. The molecule has 0 N–H and O–H groups in total. The Balaban J connectivity index is 1.40. The SMILES string of the molecule is CN(C)[C@H]1CC[C@@]2(C)[C@@H](CC[C@@H]3[C@@H]2CC[C@]2(C)C(c4ccccc4)=CC[C@@H]32)C1. The van der Waals surface area contributed by atoms with Crippen LogP contribution in [0.5, 0.6) is 0 Å². The Morgan fingerprint density at radius 3 is 2.43 bits per heavy atom. The first kappa shape index (κ1) is 18.9. The van der Waals surface area contributed by atoms with Gasteiger partial charge in [0.25, 0.3) is 0 Å². The van der Waals surface area contributed by atoms with Crippen molar-refractivity contribution in [3.8, 4) is 0 Å². The van der Waals surface area contributed by atoms with Gasteiger partial charge >= 0.3 is 0 Å². The van der Waals surface area contributed by atoms with E-state index in [1.165, 1.54) is 56.9 Å². The molecule has 0 spiro atoms. The van der Waals surface area contributed by atoms with Crippen LogP contribution >= 0.6 is 0 Å². The topological polar surface area (TPSA) is 3.24 Å². The van der Waals surface area contributed by atoms with Crippen molar-refractivity contribution < 1.29 is 0 Å². The van der Waals surface area contributed by atoms with Crippen LogP contribution < -0.4 is 0 Å². The minimum Gasteiger partial charge on any atom is -0.306 e. The molecular formula is C27H39N. The highest BCUT2D eigenvalue weighted by molar-refractivity contribution is 5.72. The number of hydrogen-bond acceptors (Lipinski definition) is 1. The molecule has 28 heavy (non-hydrogen) atoms. The summed E-state index contributed by atoms with van der Waals surface area (Å²) in [6.45, 7) is 5.31. The highest BCUT2D eigenvalue weighted by Gasteiger charge is 2.58. The summed E-state index contributed by atoms with van der Waals surface area (Å²) < 4.78 is 0. The lowest BCUT2D eigenvalue weighted by molar-refractivity contribution is -0.106. The Bertz CT molecular complexity index is 749. The number of rotatable bonds is 2.